The molecule has 202 valence electrons. The lowest BCUT2D eigenvalue weighted by Gasteiger charge is -2.17. The Bertz CT molecular complexity index is 2580. The molecule has 0 aliphatic carbocycles. The lowest BCUT2D eigenvalue weighted by Crippen LogP contribution is -1.96. The fraction of sp³-hybridized carbons (Fsp3) is 0. The molecule has 1 heterocycles. The van der Waals surface area contributed by atoms with Crippen LogP contribution in [0.2, 0.25) is 0 Å². The molecular formula is C42H24N2. The summed E-state index contributed by atoms with van der Waals surface area (Å²) in [5, 5.41) is 12.2. The molecule has 0 saturated heterocycles. The lowest BCUT2D eigenvalue weighted by atomic mass is 9.92. The van der Waals surface area contributed by atoms with Crippen LogP contribution in [0.15, 0.2) is 146 Å². The number of benzene rings is 9. The number of rotatable bonds is 2. The van der Waals surface area contributed by atoms with E-state index >= 15 is 0 Å². The zero-order chi connectivity index (χ0) is 28.8. The van der Waals surface area contributed by atoms with Crippen LogP contribution >= 0.6 is 0 Å². The van der Waals surface area contributed by atoms with E-state index in [-0.39, 0.29) is 0 Å². The maximum Gasteiger partial charge on any atom is 0.0980 e. The summed E-state index contributed by atoms with van der Waals surface area (Å²) < 4.78 is 0. The summed E-state index contributed by atoms with van der Waals surface area (Å²) in [6.07, 6.45) is 0. The van der Waals surface area contributed by atoms with Gasteiger partial charge < -0.3 is 0 Å². The molecule has 1 aromatic heterocycles. The van der Waals surface area contributed by atoms with E-state index in [0.29, 0.717) is 0 Å². The smallest absolute Gasteiger partial charge is 0.0980 e. The van der Waals surface area contributed by atoms with Crippen LogP contribution in [0.3, 0.4) is 0 Å². The van der Waals surface area contributed by atoms with Crippen molar-refractivity contribution in [3.63, 3.8) is 0 Å². The molecule has 0 spiro atoms. The molecule has 0 radical (unpaired) electrons. The Morgan fingerprint density at radius 1 is 0.295 bits per heavy atom. The van der Waals surface area contributed by atoms with E-state index in [0.717, 1.165) is 55.1 Å². The lowest BCUT2D eigenvalue weighted by molar-refractivity contribution is 1.41. The second-order valence-electron chi connectivity index (χ2n) is 11.8. The highest BCUT2D eigenvalue weighted by atomic mass is 14.8. The predicted molar refractivity (Wildman–Crippen MR) is 187 cm³/mol. The van der Waals surface area contributed by atoms with Gasteiger partial charge in [0.1, 0.15) is 0 Å². The van der Waals surface area contributed by atoms with Gasteiger partial charge in [-0.25, -0.2) is 9.97 Å². The van der Waals surface area contributed by atoms with E-state index in [1.165, 1.54) is 43.1 Å². The summed E-state index contributed by atoms with van der Waals surface area (Å²) in [7, 11) is 0. The van der Waals surface area contributed by atoms with Gasteiger partial charge in [-0.2, -0.15) is 0 Å². The monoisotopic (exact) mass is 556 g/mol. The topological polar surface area (TPSA) is 25.8 Å². The average Bonchev–Trinajstić information content (AvgIpc) is 3.09. The van der Waals surface area contributed by atoms with Crippen molar-refractivity contribution in [3.05, 3.63) is 146 Å². The molecule has 0 atom stereocenters. The number of fused-ring (bicyclic) bond motifs is 6. The van der Waals surface area contributed by atoms with Crippen LogP contribution in [0.4, 0.5) is 0 Å². The van der Waals surface area contributed by atoms with Crippen LogP contribution in [-0.4, -0.2) is 9.97 Å². The third-order valence-electron chi connectivity index (χ3n) is 9.34. The van der Waals surface area contributed by atoms with Crippen LogP contribution in [0.25, 0.3) is 98.2 Å². The highest BCUT2D eigenvalue weighted by Crippen LogP contribution is 2.42. The number of hydrogen-bond acceptors (Lipinski definition) is 2. The molecule has 0 N–H and O–H groups in total. The number of hydrogen-bond donors (Lipinski definition) is 0. The molecule has 44 heavy (non-hydrogen) atoms. The van der Waals surface area contributed by atoms with Crippen LogP contribution < -0.4 is 0 Å². The summed E-state index contributed by atoms with van der Waals surface area (Å²) in [6.45, 7) is 0. The fourth-order valence-corrected chi connectivity index (χ4v) is 7.24. The fourth-order valence-electron chi connectivity index (χ4n) is 7.24. The van der Waals surface area contributed by atoms with Crippen molar-refractivity contribution < 1.29 is 0 Å². The van der Waals surface area contributed by atoms with Gasteiger partial charge in [-0.05, 0) is 66.3 Å². The van der Waals surface area contributed by atoms with E-state index < -0.39 is 0 Å². The molecule has 9 aromatic carbocycles. The highest BCUT2D eigenvalue weighted by molar-refractivity contribution is 6.33. The molecule has 10 rings (SSSR count). The van der Waals surface area contributed by atoms with Gasteiger partial charge in [0.15, 0.2) is 0 Å². The molecule has 0 amide bonds. The molecular weight excluding hydrogens is 532 g/mol. The number of nitrogens with zero attached hydrogens (tertiary/aromatic N) is 2. The average molecular weight is 557 g/mol. The van der Waals surface area contributed by atoms with Gasteiger partial charge in [0.25, 0.3) is 0 Å². The van der Waals surface area contributed by atoms with Crippen LogP contribution in [0, 0.1) is 0 Å². The second kappa shape index (κ2) is 8.82. The SMILES string of the molecule is c1ccc2cc(-c3ccc(-c4ccc5ccccc5c4)c4nc5c6cccc7ccc8cccc(c5nc34)c8c76)ccc2c1. The summed E-state index contributed by atoms with van der Waals surface area (Å²) >= 11 is 0. The van der Waals surface area contributed by atoms with Gasteiger partial charge in [0.05, 0.1) is 22.1 Å². The van der Waals surface area contributed by atoms with Gasteiger partial charge in [0, 0.05) is 21.9 Å². The summed E-state index contributed by atoms with van der Waals surface area (Å²) in [6, 6.07) is 52.5. The molecule has 0 unspecified atom stereocenters. The quantitative estimate of drug-likeness (QED) is 0.156. The third-order valence-corrected chi connectivity index (χ3v) is 9.34. The first-order valence-electron chi connectivity index (χ1n) is 15.1. The van der Waals surface area contributed by atoms with E-state index in [4.69, 9.17) is 9.97 Å². The van der Waals surface area contributed by atoms with Crippen LogP contribution in [0.1, 0.15) is 0 Å². The Hall–Kier alpha value is -5.86. The minimum atomic E-state index is 0.924. The molecule has 0 aliphatic rings. The third kappa shape index (κ3) is 3.31. The van der Waals surface area contributed by atoms with Gasteiger partial charge in [0.2, 0.25) is 0 Å². The Morgan fingerprint density at radius 2 is 0.705 bits per heavy atom. The Balaban J connectivity index is 1.38. The van der Waals surface area contributed by atoms with Gasteiger partial charge in [-0.15, -0.1) is 0 Å². The van der Waals surface area contributed by atoms with Crippen LogP contribution in [0.5, 0.6) is 0 Å². The van der Waals surface area contributed by atoms with Gasteiger partial charge >= 0.3 is 0 Å². The maximum atomic E-state index is 5.57. The van der Waals surface area contributed by atoms with E-state index in [2.05, 4.69) is 146 Å². The van der Waals surface area contributed by atoms with Crippen molar-refractivity contribution in [2.75, 3.05) is 0 Å². The largest absolute Gasteiger partial charge is 0.243 e. The molecule has 0 fully saturated rings. The highest BCUT2D eigenvalue weighted by Gasteiger charge is 2.19. The van der Waals surface area contributed by atoms with Crippen molar-refractivity contribution in [1.82, 2.24) is 9.97 Å². The summed E-state index contributed by atoms with van der Waals surface area (Å²) in [4.78, 5) is 11.1. The van der Waals surface area contributed by atoms with E-state index in [9.17, 15) is 0 Å². The van der Waals surface area contributed by atoms with Crippen molar-refractivity contribution >= 4 is 75.9 Å². The molecule has 0 aliphatic heterocycles. The van der Waals surface area contributed by atoms with Crippen molar-refractivity contribution in [3.8, 4) is 22.3 Å². The zero-order valence-corrected chi connectivity index (χ0v) is 23.8. The Labute approximate surface area is 253 Å². The first kappa shape index (κ1) is 23.7. The molecule has 0 bridgehead atoms. The van der Waals surface area contributed by atoms with E-state index in [1.54, 1.807) is 0 Å². The Kier molecular flexibility index (Phi) is 4.75. The minimum absolute atomic E-state index is 0.924. The Morgan fingerprint density at radius 3 is 1.18 bits per heavy atom. The van der Waals surface area contributed by atoms with Gasteiger partial charge in [-0.1, -0.05) is 133 Å². The first-order valence-corrected chi connectivity index (χ1v) is 15.1. The van der Waals surface area contributed by atoms with E-state index in [1.807, 2.05) is 0 Å². The minimum Gasteiger partial charge on any atom is -0.243 e. The predicted octanol–water partition coefficient (Wildman–Crippen LogP) is 11.3. The van der Waals surface area contributed by atoms with Crippen molar-refractivity contribution in [1.29, 1.82) is 0 Å². The summed E-state index contributed by atoms with van der Waals surface area (Å²) in [5.41, 5.74) is 8.22. The van der Waals surface area contributed by atoms with Crippen LogP contribution in [-0.2, 0) is 0 Å². The van der Waals surface area contributed by atoms with Gasteiger partial charge in [-0.3, -0.25) is 0 Å². The maximum absolute atomic E-state index is 5.57. The standard InChI is InChI=1S/C42H24N2/c1-3-9-29-23-31(19-15-25(29)7-1)33-21-22-34(32-20-16-26-8-2-4-10-30(26)24-32)40-39(33)43-41-35-13-5-11-27-17-18-28-12-6-14-36(42(41)44-40)38(28)37(27)35/h1-24H. The molecule has 2 nitrogen and oxygen atoms in total. The zero-order valence-electron chi connectivity index (χ0n) is 23.8. The first-order chi connectivity index (χ1) is 21.8. The summed E-state index contributed by atoms with van der Waals surface area (Å²) in [5.74, 6) is 0. The molecule has 0 saturated carbocycles. The molecule has 10 aromatic rings. The normalized spacial score (nSPS) is 12.1. The second-order valence-corrected chi connectivity index (χ2v) is 11.8. The number of aromatic nitrogens is 2. The van der Waals surface area contributed by atoms with Crippen molar-refractivity contribution in [2.45, 2.75) is 0 Å². The van der Waals surface area contributed by atoms with Crippen molar-refractivity contribution in [2.24, 2.45) is 0 Å². The molecule has 2 heteroatoms.